The predicted octanol–water partition coefficient (Wildman–Crippen LogP) is 10.7. The molecule has 82 heavy (non-hydrogen) atoms. The van der Waals surface area contributed by atoms with Gasteiger partial charge in [0.25, 0.3) is 23.6 Å². The summed E-state index contributed by atoms with van der Waals surface area (Å²) in [6.45, 7) is 5.29. The molecule has 4 heterocycles. The Hall–Kier alpha value is -10.3. The molecule has 0 saturated carbocycles. The van der Waals surface area contributed by atoms with Crippen LogP contribution in [0.5, 0.6) is 23.0 Å². The van der Waals surface area contributed by atoms with Crippen LogP contribution in [0.25, 0.3) is 0 Å². The Bertz CT molecular complexity index is 3300. The van der Waals surface area contributed by atoms with Crippen molar-refractivity contribution >= 4 is 47.7 Å². The Morgan fingerprint density at radius 3 is 0.988 bits per heavy atom. The van der Waals surface area contributed by atoms with Gasteiger partial charge < -0.3 is 36.6 Å². The number of hydrogen-bond acceptors (Lipinski definition) is 20. The number of alkyl halides is 12. The molecule has 436 valence electrons. The van der Waals surface area contributed by atoms with Crippen molar-refractivity contribution < 1.29 is 108 Å². The SMILES string of the molecule is CCCc1nnc(NC(=O)c2ccc(OC(F)(F)F)cc2)o1.CCc1nnc(NC(=O)c2ccc(OC(F)(F)F)cc2)o1.Cc1nnc(NC(=O)c2ccc(OC(F)(F)F)cc2)o1.O=C(Nc1nnco1)c1ccc(OC(F)(F)F)cc1. The van der Waals surface area contributed by atoms with Crippen LogP contribution >= 0.6 is 0 Å². The Balaban J connectivity index is 0.000000201. The molecule has 0 atom stereocenters. The molecule has 0 fully saturated rings. The summed E-state index contributed by atoms with van der Waals surface area (Å²) in [4.78, 5) is 47.0. The van der Waals surface area contributed by atoms with Crippen molar-refractivity contribution in [1.29, 1.82) is 0 Å². The van der Waals surface area contributed by atoms with Gasteiger partial charge in [-0.2, -0.15) is 0 Å². The minimum absolute atomic E-state index is 0.0657. The molecular formula is C46H36F12N12O12. The van der Waals surface area contributed by atoms with Gasteiger partial charge in [-0.25, -0.2) is 0 Å². The lowest BCUT2D eigenvalue weighted by Gasteiger charge is -2.08. The van der Waals surface area contributed by atoms with Gasteiger partial charge >= 0.3 is 49.5 Å². The average Bonchev–Trinajstić information content (AvgIpc) is 4.25. The molecule has 4 amide bonds. The second kappa shape index (κ2) is 28.0. The van der Waals surface area contributed by atoms with E-state index in [9.17, 15) is 71.9 Å². The van der Waals surface area contributed by atoms with Crippen LogP contribution in [-0.2, 0) is 12.8 Å². The number of nitrogens with zero attached hydrogens (tertiary/aromatic N) is 8. The van der Waals surface area contributed by atoms with Gasteiger partial charge in [0.2, 0.25) is 24.1 Å². The van der Waals surface area contributed by atoms with E-state index < -0.39 is 72.1 Å². The molecule has 0 aliphatic rings. The number of aryl methyl sites for hydroxylation is 3. The van der Waals surface area contributed by atoms with Crippen LogP contribution in [-0.4, -0.2) is 89.9 Å². The molecule has 0 unspecified atom stereocenters. The quantitative estimate of drug-likeness (QED) is 0.0693. The monoisotopic (exact) mass is 1180 g/mol. The lowest BCUT2D eigenvalue weighted by Crippen LogP contribution is -2.17. The van der Waals surface area contributed by atoms with E-state index in [4.69, 9.17) is 13.3 Å². The summed E-state index contributed by atoms with van der Waals surface area (Å²) in [7, 11) is 0. The van der Waals surface area contributed by atoms with Crippen molar-refractivity contribution in [2.24, 2.45) is 0 Å². The van der Waals surface area contributed by atoms with Gasteiger partial charge in [-0.15, -0.1) is 73.1 Å². The second-order valence-corrected chi connectivity index (χ2v) is 15.1. The summed E-state index contributed by atoms with van der Waals surface area (Å²) < 4.78 is 178. The summed E-state index contributed by atoms with van der Waals surface area (Å²) in [5.74, 6) is -2.97. The summed E-state index contributed by atoms with van der Waals surface area (Å²) in [5, 5.41) is 37.7. The third-order valence-corrected chi connectivity index (χ3v) is 8.87. The number of carbonyl (C=O) groups is 4. The third kappa shape index (κ3) is 22.6. The highest BCUT2D eigenvalue weighted by Gasteiger charge is 2.33. The lowest BCUT2D eigenvalue weighted by atomic mass is 10.2. The van der Waals surface area contributed by atoms with E-state index in [1.165, 1.54) is 48.5 Å². The van der Waals surface area contributed by atoms with Crippen LogP contribution in [0, 0.1) is 6.92 Å². The highest BCUT2D eigenvalue weighted by molar-refractivity contribution is 6.04. The van der Waals surface area contributed by atoms with Crippen LogP contribution in [0.2, 0.25) is 0 Å². The highest BCUT2D eigenvalue weighted by atomic mass is 19.4. The van der Waals surface area contributed by atoms with E-state index in [1.807, 2.05) is 6.92 Å². The number of halogens is 12. The zero-order valence-electron chi connectivity index (χ0n) is 41.4. The van der Waals surface area contributed by atoms with E-state index in [-0.39, 0.29) is 52.2 Å². The first-order valence-corrected chi connectivity index (χ1v) is 22.4. The molecule has 0 aliphatic heterocycles. The third-order valence-electron chi connectivity index (χ3n) is 8.87. The first kappa shape index (κ1) is 62.5. The Morgan fingerprint density at radius 2 is 0.720 bits per heavy atom. The minimum Gasteiger partial charge on any atom is -0.411 e. The van der Waals surface area contributed by atoms with Crippen molar-refractivity contribution in [2.75, 3.05) is 21.3 Å². The van der Waals surface area contributed by atoms with Crippen molar-refractivity contribution in [3.8, 4) is 23.0 Å². The van der Waals surface area contributed by atoms with Crippen LogP contribution in [0.4, 0.5) is 76.7 Å². The van der Waals surface area contributed by atoms with E-state index >= 15 is 0 Å². The fraction of sp³-hybridized carbons (Fsp3) is 0.217. The number of benzene rings is 4. The molecule has 36 heteroatoms. The second-order valence-electron chi connectivity index (χ2n) is 15.1. The fourth-order valence-corrected chi connectivity index (χ4v) is 5.55. The van der Waals surface area contributed by atoms with Gasteiger partial charge in [0, 0.05) is 42.0 Å². The number of anilines is 4. The molecule has 4 aromatic carbocycles. The number of aromatic nitrogens is 8. The van der Waals surface area contributed by atoms with Crippen molar-refractivity contribution in [1.82, 2.24) is 40.8 Å². The van der Waals surface area contributed by atoms with Crippen molar-refractivity contribution in [2.45, 2.75) is 65.5 Å². The maximum absolute atomic E-state index is 12.0. The zero-order chi connectivity index (χ0) is 60.3. The predicted molar refractivity (Wildman–Crippen MR) is 250 cm³/mol. The first-order chi connectivity index (χ1) is 38.5. The highest BCUT2D eigenvalue weighted by Crippen LogP contribution is 2.27. The van der Waals surface area contributed by atoms with E-state index in [0.717, 1.165) is 61.3 Å². The Kier molecular flexibility index (Phi) is 21.4. The van der Waals surface area contributed by atoms with Crippen LogP contribution < -0.4 is 40.2 Å². The van der Waals surface area contributed by atoms with Gasteiger partial charge in [0.1, 0.15) is 23.0 Å². The molecule has 0 saturated heterocycles. The molecule has 0 spiro atoms. The number of ether oxygens (including phenoxy) is 4. The van der Waals surface area contributed by atoms with Crippen LogP contribution in [0.1, 0.15) is 79.4 Å². The zero-order valence-corrected chi connectivity index (χ0v) is 41.4. The molecule has 8 rings (SSSR count). The summed E-state index contributed by atoms with van der Waals surface area (Å²) >= 11 is 0. The van der Waals surface area contributed by atoms with Crippen LogP contribution in [0.15, 0.2) is 121 Å². The maximum atomic E-state index is 12.0. The smallest absolute Gasteiger partial charge is 0.411 e. The van der Waals surface area contributed by atoms with Crippen molar-refractivity contribution in [3.63, 3.8) is 0 Å². The van der Waals surface area contributed by atoms with Gasteiger partial charge in [-0.05, 0) is 103 Å². The molecule has 0 aliphatic carbocycles. The lowest BCUT2D eigenvalue weighted by molar-refractivity contribution is -0.275. The first-order valence-electron chi connectivity index (χ1n) is 22.4. The Morgan fingerprint density at radius 1 is 0.415 bits per heavy atom. The molecule has 4 aromatic heterocycles. The normalized spacial score (nSPS) is 11.2. The number of carbonyl (C=O) groups excluding carboxylic acids is 4. The fourth-order valence-electron chi connectivity index (χ4n) is 5.55. The molecular weight excluding hydrogens is 1140 g/mol. The van der Waals surface area contributed by atoms with E-state index in [1.54, 1.807) is 13.8 Å². The molecule has 8 aromatic rings. The average molecular weight is 1180 g/mol. The molecule has 24 nitrogen and oxygen atoms in total. The van der Waals surface area contributed by atoms with Crippen molar-refractivity contribution in [3.05, 3.63) is 143 Å². The number of nitrogens with one attached hydrogen (secondary N) is 4. The van der Waals surface area contributed by atoms with Gasteiger partial charge in [-0.1, -0.05) is 34.2 Å². The number of amides is 4. The van der Waals surface area contributed by atoms with E-state index in [2.05, 4.69) is 85.4 Å². The van der Waals surface area contributed by atoms with E-state index in [0.29, 0.717) is 24.6 Å². The molecule has 0 radical (unpaired) electrons. The van der Waals surface area contributed by atoms with Gasteiger partial charge in [0.15, 0.2) is 0 Å². The summed E-state index contributed by atoms with van der Waals surface area (Å²) in [6.07, 6.45) is -16.1. The maximum Gasteiger partial charge on any atom is 0.573 e. The number of rotatable bonds is 15. The molecule has 0 bridgehead atoms. The number of hydrogen-bond donors (Lipinski definition) is 4. The summed E-state index contributed by atoms with van der Waals surface area (Å²) in [5.41, 5.74) is 0.494. The minimum atomic E-state index is -4.77. The standard InChI is InChI=1S/C13H12F3N3O3.C12H10F3N3O3.C11H8F3N3O3.C10H6F3N3O3/c1-2-3-10-18-19-12(21-10)17-11(20)8-4-6-9(7-5-8)22-13(14,15)16;1-2-9-17-18-11(20-9)16-10(19)7-3-5-8(6-4-7)21-12(13,14)15;1-6-16-17-10(19-6)15-9(18)7-2-4-8(5-3-7)20-11(12,13)14;11-10(12,13)19-7-3-1-6(2-4-7)8(17)15-9-16-14-5-18-9/h4-7H,2-3H2,1H3,(H,17,19,20);3-6H,2H2,1H3,(H,16,18,19);2-5H,1H3,(H,15,17,18);1-5H,(H,15,16,17). The Labute approximate surface area is 449 Å². The van der Waals surface area contributed by atoms with Gasteiger partial charge in [-0.3, -0.25) is 40.4 Å². The summed E-state index contributed by atoms with van der Waals surface area (Å²) in [6, 6.07) is 17.4. The molecule has 4 N–H and O–H groups in total. The topological polar surface area (TPSA) is 309 Å². The van der Waals surface area contributed by atoms with Crippen LogP contribution in [0.3, 0.4) is 0 Å². The largest absolute Gasteiger partial charge is 0.573 e. The van der Waals surface area contributed by atoms with Gasteiger partial charge in [0.05, 0.1) is 0 Å².